The summed E-state index contributed by atoms with van der Waals surface area (Å²) in [6.45, 7) is 1.11. The molecule has 1 atom stereocenters. The lowest BCUT2D eigenvalue weighted by atomic mass is 10.2. The number of likely N-dealkylation sites (tertiary alicyclic amines) is 1. The maximum absolute atomic E-state index is 12.5. The summed E-state index contributed by atoms with van der Waals surface area (Å²) in [7, 11) is 0. The van der Waals surface area contributed by atoms with Crippen molar-refractivity contribution < 1.29 is 14.6 Å². The Labute approximate surface area is 129 Å². The quantitative estimate of drug-likeness (QED) is 0.942. The van der Waals surface area contributed by atoms with Crippen LogP contribution in [-0.2, 0) is 0 Å². The molecule has 0 spiro atoms. The van der Waals surface area contributed by atoms with Gasteiger partial charge in [0.1, 0.15) is 18.1 Å². The molecule has 1 N–H and O–H groups in total. The highest BCUT2D eigenvalue weighted by molar-refractivity contribution is 5.95. The molecule has 0 unspecified atom stereocenters. The molecule has 0 saturated carbocycles. The van der Waals surface area contributed by atoms with E-state index in [9.17, 15) is 9.90 Å². The third-order valence-electron chi connectivity index (χ3n) is 3.81. The number of pyridine rings is 1. The lowest BCUT2D eigenvalue weighted by Crippen LogP contribution is -2.39. The number of aromatic hydroxyl groups is 1. The highest BCUT2D eigenvalue weighted by atomic mass is 16.5. The first-order chi connectivity index (χ1) is 10.8. The van der Waals surface area contributed by atoms with E-state index in [1.807, 2.05) is 30.3 Å². The Morgan fingerprint density at radius 3 is 2.86 bits per heavy atom. The Bertz CT molecular complexity index is 645. The summed E-state index contributed by atoms with van der Waals surface area (Å²) in [5.41, 5.74) is 0.106. The van der Waals surface area contributed by atoms with Crippen LogP contribution in [0.5, 0.6) is 11.5 Å². The van der Waals surface area contributed by atoms with Crippen LogP contribution in [0.15, 0.2) is 48.7 Å². The van der Waals surface area contributed by atoms with Crippen LogP contribution in [0.2, 0.25) is 0 Å². The molecule has 0 radical (unpaired) electrons. The molecule has 1 aromatic carbocycles. The van der Waals surface area contributed by atoms with Crippen LogP contribution in [0, 0.1) is 0 Å². The molecule has 1 saturated heterocycles. The number of carbonyl (C=O) groups excluding carboxylic acids is 1. The standard InChI is InChI=1S/C17H18N2O3/c20-15-9-4-10-18-16(15)17(21)19-11-5-6-13(19)12-22-14-7-2-1-3-8-14/h1-4,7-10,13,20H,5-6,11-12H2/t13-/m0/s1. The number of nitrogens with zero attached hydrogens (tertiary/aromatic N) is 2. The number of hydrogen-bond donors (Lipinski definition) is 1. The molecule has 1 amide bonds. The van der Waals surface area contributed by atoms with Crippen LogP contribution in [0.3, 0.4) is 0 Å². The van der Waals surface area contributed by atoms with Crippen molar-refractivity contribution in [3.63, 3.8) is 0 Å². The van der Waals surface area contributed by atoms with Gasteiger partial charge in [0.25, 0.3) is 5.91 Å². The van der Waals surface area contributed by atoms with E-state index in [1.165, 1.54) is 12.3 Å². The number of para-hydroxylation sites is 1. The molecule has 114 valence electrons. The Morgan fingerprint density at radius 1 is 1.27 bits per heavy atom. The third-order valence-corrected chi connectivity index (χ3v) is 3.81. The zero-order valence-electron chi connectivity index (χ0n) is 12.2. The van der Waals surface area contributed by atoms with Gasteiger partial charge in [0.05, 0.1) is 6.04 Å². The topological polar surface area (TPSA) is 62.7 Å². The highest BCUT2D eigenvalue weighted by Gasteiger charge is 2.31. The fraction of sp³-hybridized carbons (Fsp3) is 0.294. The Balaban J connectivity index is 1.68. The summed E-state index contributed by atoms with van der Waals surface area (Å²) < 4.78 is 5.76. The third kappa shape index (κ3) is 3.03. The van der Waals surface area contributed by atoms with Gasteiger partial charge in [-0.05, 0) is 37.1 Å². The molecule has 5 nitrogen and oxygen atoms in total. The molecule has 0 aliphatic carbocycles. The van der Waals surface area contributed by atoms with Crippen LogP contribution in [0.4, 0.5) is 0 Å². The van der Waals surface area contributed by atoms with E-state index in [1.54, 1.807) is 11.0 Å². The average molecular weight is 298 g/mol. The Kier molecular flexibility index (Phi) is 4.23. The number of ether oxygens (including phenoxy) is 1. The first-order valence-electron chi connectivity index (χ1n) is 7.38. The summed E-state index contributed by atoms with van der Waals surface area (Å²) in [6, 6.07) is 12.6. The zero-order chi connectivity index (χ0) is 15.4. The zero-order valence-corrected chi connectivity index (χ0v) is 12.2. The number of aromatic nitrogens is 1. The summed E-state index contributed by atoms with van der Waals surface area (Å²) in [5.74, 6) is 0.474. The minimum atomic E-state index is -0.239. The van der Waals surface area contributed by atoms with Gasteiger partial charge in [-0.2, -0.15) is 0 Å². The normalized spacial score (nSPS) is 17.5. The van der Waals surface area contributed by atoms with Crippen molar-refractivity contribution in [2.75, 3.05) is 13.2 Å². The largest absolute Gasteiger partial charge is 0.505 e. The lowest BCUT2D eigenvalue weighted by molar-refractivity contribution is 0.0682. The van der Waals surface area contributed by atoms with Crippen molar-refractivity contribution in [1.29, 1.82) is 0 Å². The van der Waals surface area contributed by atoms with E-state index in [0.717, 1.165) is 18.6 Å². The fourth-order valence-corrected chi connectivity index (χ4v) is 2.68. The summed E-state index contributed by atoms with van der Waals surface area (Å²) in [6.07, 6.45) is 3.34. The smallest absolute Gasteiger partial charge is 0.276 e. The molecule has 5 heteroatoms. The predicted molar refractivity (Wildman–Crippen MR) is 81.9 cm³/mol. The van der Waals surface area contributed by atoms with Gasteiger partial charge < -0.3 is 14.7 Å². The van der Waals surface area contributed by atoms with Gasteiger partial charge in [-0.3, -0.25) is 4.79 Å². The first kappa shape index (κ1) is 14.4. The molecular formula is C17H18N2O3. The first-order valence-corrected chi connectivity index (χ1v) is 7.38. The van der Waals surface area contributed by atoms with E-state index in [0.29, 0.717) is 13.2 Å². The highest BCUT2D eigenvalue weighted by Crippen LogP contribution is 2.23. The average Bonchev–Trinajstić information content (AvgIpc) is 3.02. The van der Waals surface area contributed by atoms with Crippen molar-refractivity contribution in [3.8, 4) is 11.5 Å². The second-order valence-corrected chi connectivity index (χ2v) is 5.29. The molecule has 1 aliphatic heterocycles. The summed E-state index contributed by atoms with van der Waals surface area (Å²) >= 11 is 0. The second kappa shape index (κ2) is 6.47. The molecule has 1 fully saturated rings. The monoisotopic (exact) mass is 298 g/mol. The van der Waals surface area contributed by atoms with E-state index >= 15 is 0 Å². The van der Waals surface area contributed by atoms with Gasteiger partial charge in [0.2, 0.25) is 0 Å². The van der Waals surface area contributed by atoms with E-state index in [4.69, 9.17) is 4.74 Å². The van der Waals surface area contributed by atoms with Gasteiger partial charge in [-0.25, -0.2) is 4.98 Å². The minimum Gasteiger partial charge on any atom is -0.505 e. The van der Waals surface area contributed by atoms with Crippen molar-refractivity contribution in [3.05, 3.63) is 54.4 Å². The molecule has 2 heterocycles. The minimum absolute atomic E-state index is 0.00844. The van der Waals surface area contributed by atoms with Crippen molar-refractivity contribution in [2.24, 2.45) is 0 Å². The van der Waals surface area contributed by atoms with Crippen molar-refractivity contribution in [2.45, 2.75) is 18.9 Å². The number of hydrogen-bond acceptors (Lipinski definition) is 4. The van der Waals surface area contributed by atoms with Crippen LogP contribution in [-0.4, -0.2) is 40.1 Å². The van der Waals surface area contributed by atoms with Gasteiger partial charge in [0.15, 0.2) is 5.69 Å². The Morgan fingerprint density at radius 2 is 2.09 bits per heavy atom. The van der Waals surface area contributed by atoms with Crippen LogP contribution >= 0.6 is 0 Å². The fourth-order valence-electron chi connectivity index (χ4n) is 2.68. The van der Waals surface area contributed by atoms with Crippen molar-refractivity contribution in [1.82, 2.24) is 9.88 Å². The molecule has 0 bridgehead atoms. The predicted octanol–water partition coefficient (Wildman–Crippen LogP) is 2.47. The van der Waals surface area contributed by atoms with E-state index in [-0.39, 0.29) is 23.4 Å². The van der Waals surface area contributed by atoms with E-state index < -0.39 is 0 Å². The maximum Gasteiger partial charge on any atom is 0.276 e. The maximum atomic E-state index is 12.5. The molecule has 3 rings (SSSR count). The molecule has 2 aromatic rings. The molecule has 1 aromatic heterocycles. The Hall–Kier alpha value is -2.56. The van der Waals surface area contributed by atoms with Crippen LogP contribution in [0.1, 0.15) is 23.3 Å². The lowest BCUT2D eigenvalue weighted by Gasteiger charge is -2.24. The van der Waals surface area contributed by atoms with Gasteiger partial charge in [-0.1, -0.05) is 18.2 Å². The van der Waals surface area contributed by atoms with Crippen LogP contribution in [0.25, 0.3) is 0 Å². The molecule has 22 heavy (non-hydrogen) atoms. The van der Waals surface area contributed by atoms with Gasteiger partial charge in [-0.15, -0.1) is 0 Å². The number of amides is 1. The second-order valence-electron chi connectivity index (χ2n) is 5.29. The number of benzene rings is 1. The number of carbonyl (C=O) groups is 1. The molecule has 1 aliphatic rings. The number of rotatable bonds is 4. The SMILES string of the molecule is O=C(c1ncccc1O)N1CCC[C@H]1COc1ccccc1. The molecular weight excluding hydrogens is 280 g/mol. The van der Waals surface area contributed by atoms with E-state index in [2.05, 4.69) is 4.98 Å². The van der Waals surface area contributed by atoms with Gasteiger partial charge >= 0.3 is 0 Å². The van der Waals surface area contributed by atoms with Crippen molar-refractivity contribution >= 4 is 5.91 Å². The summed E-state index contributed by atoms with van der Waals surface area (Å²) in [5, 5.41) is 9.79. The van der Waals surface area contributed by atoms with Gasteiger partial charge in [0, 0.05) is 12.7 Å². The summed E-state index contributed by atoms with van der Waals surface area (Å²) in [4.78, 5) is 18.3. The van der Waals surface area contributed by atoms with Crippen LogP contribution < -0.4 is 4.74 Å².